The lowest BCUT2D eigenvalue weighted by molar-refractivity contribution is 0.0959. The molecule has 0 saturated heterocycles. The second-order valence-corrected chi connectivity index (χ2v) is 3.43. The number of benzene rings is 1. The number of aromatic nitrogens is 1. The van der Waals surface area contributed by atoms with Gasteiger partial charge in [0.05, 0.1) is 0 Å². The summed E-state index contributed by atoms with van der Waals surface area (Å²) in [4.78, 5) is 14.3. The molecule has 0 radical (unpaired) electrons. The lowest BCUT2D eigenvalue weighted by Gasteiger charge is -1.92. The Kier molecular flexibility index (Phi) is 2.17. The van der Waals surface area contributed by atoms with Crippen LogP contribution in [0.3, 0.4) is 0 Å². The average Bonchev–Trinajstić information content (AvgIpc) is 2.59. The van der Waals surface area contributed by atoms with Crippen molar-refractivity contribution in [1.82, 2.24) is 10.3 Å². The average molecular weight is 209 g/mol. The molecular formula is C10H9ClN2O. The van der Waals surface area contributed by atoms with E-state index in [1.165, 1.54) is 0 Å². The molecule has 0 unspecified atom stereocenters. The zero-order valence-corrected chi connectivity index (χ0v) is 8.35. The first kappa shape index (κ1) is 9.09. The van der Waals surface area contributed by atoms with Gasteiger partial charge in [-0.15, -0.1) is 0 Å². The molecular weight excluding hydrogens is 200 g/mol. The second-order valence-electron chi connectivity index (χ2n) is 2.99. The fourth-order valence-corrected chi connectivity index (χ4v) is 1.54. The van der Waals surface area contributed by atoms with Gasteiger partial charge in [0.2, 0.25) is 0 Å². The Labute approximate surface area is 86.1 Å². The van der Waals surface area contributed by atoms with Crippen molar-refractivity contribution in [2.45, 2.75) is 0 Å². The Balaban J connectivity index is 2.56. The summed E-state index contributed by atoms with van der Waals surface area (Å²) < 4.78 is 0. The molecule has 1 aromatic heterocycles. The smallest absolute Gasteiger partial charge is 0.267 e. The number of hydrogen-bond acceptors (Lipinski definition) is 1. The minimum absolute atomic E-state index is 0.127. The Morgan fingerprint density at radius 3 is 2.93 bits per heavy atom. The van der Waals surface area contributed by atoms with Crippen LogP contribution in [0.4, 0.5) is 0 Å². The zero-order valence-electron chi connectivity index (χ0n) is 7.60. The summed E-state index contributed by atoms with van der Waals surface area (Å²) in [5, 5.41) is 4.16. The molecule has 1 heterocycles. The molecule has 0 aliphatic rings. The molecule has 2 rings (SSSR count). The number of amides is 1. The standard InChI is InChI=1S/C10H9ClN2O/c1-12-10(14)9-5-6-4-7(11)2-3-8(6)13-9/h2-5,13H,1H3,(H,12,14). The number of aromatic amines is 1. The molecule has 14 heavy (non-hydrogen) atoms. The molecule has 0 fully saturated rings. The van der Waals surface area contributed by atoms with E-state index in [0.717, 1.165) is 10.9 Å². The molecule has 0 atom stereocenters. The van der Waals surface area contributed by atoms with Gasteiger partial charge in [-0.05, 0) is 24.3 Å². The molecule has 0 bridgehead atoms. The minimum atomic E-state index is -0.127. The van der Waals surface area contributed by atoms with Crippen LogP contribution in [0.1, 0.15) is 10.5 Å². The Morgan fingerprint density at radius 2 is 2.21 bits per heavy atom. The fourth-order valence-electron chi connectivity index (χ4n) is 1.36. The summed E-state index contributed by atoms with van der Waals surface area (Å²) >= 11 is 5.83. The highest BCUT2D eigenvalue weighted by molar-refractivity contribution is 6.31. The summed E-state index contributed by atoms with van der Waals surface area (Å²) in [5.74, 6) is -0.127. The molecule has 72 valence electrons. The maximum Gasteiger partial charge on any atom is 0.267 e. The summed E-state index contributed by atoms with van der Waals surface area (Å²) in [6.45, 7) is 0. The van der Waals surface area contributed by atoms with E-state index >= 15 is 0 Å². The highest BCUT2D eigenvalue weighted by atomic mass is 35.5. The summed E-state index contributed by atoms with van der Waals surface area (Å²) in [5.41, 5.74) is 1.46. The van der Waals surface area contributed by atoms with E-state index in [4.69, 9.17) is 11.6 Å². The van der Waals surface area contributed by atoms with Gasteiger partial charge in [0, 0.05) is 23.0 Å². The predicted octanol–water partition coefficient (Wildman–Crippen LogP) is 2.18. The normalized spacial score (nSPS) is 10.4. The van der Waals surface area contributed by atoms with Gasteiger partial charge in [-0.1, -0.05) is 11.6 Å². The van der Waals surface area contributed by atoms with Gasteiger partial charge in [-0.2, -0.15) is 0 Å². The quantitative estimate of drug-likeness (QED) is 0.742. The van der Waals surface area contributed by atoms with Gasteiger partial charge in [0.1, 0.15) is 5.69 Å². The Morgan fingerprint density at radius 1 is 1.43 bits per heavy atom. The number of H-pyrrole nitrogens is 1. The van der Waals surface area contributed by atoms with E-state index in [0.29, 0.717) is 10.7 Å². The first-order valence-corrected chi connectivity index (χ1v) is 4.59. The van der Waals surface area contributed by atoms with Crippen molar-refractivity contribution < 1.29 is 4.79 Å². The maximum absolute atomic E-state index is 11.3. The molecule has 3 nitrogen and oxygen atoms in total. The molecule has 1 amide bonds. The number of hydrogen-bond donors (Lipinski definition) is 2. The van der Waals surface area contributed by atoms with Crippen molar-refractivity contribution in [3.8, 4) is 0 Å². The first-order chi connectivity index (χ1) is 6.70. The van der Waals surface area contributed by atoms with Crippen LogP contribution in [0.2, 0.25) is 5.02 Å². The van der Waals surface area contributed by atoms with E-state index in [2.05, 4.69) is 10.3 Å². The van der Waals surface area contributed by atoms with Crippen LogP contribution in [0.15, 0.2) is 24.3 Å². The Bertz CT molecular complexity index is 490. The van der Waals surface area contributed by atoms with Gasteiger partial charge in [-0.25, -0.2) is 0 Å². The fraction of sp³-hybridized carbons (Fsp3) is 0.100. The van der Waals surface area contributed by atoms with Gasteiger partial charge in [-0.3, -0.25) is 4.79 Å². The van der Waals surface area contributed by atoms with Crippen LogP contribution in [-0.2, 0) is 0 Å². The van der Waals surface area contributed by atoms with E-state index in [1.54, 1.807) is 19.2 Å². The lowest BCUT2D eigenvalue weighted by atomic mass is 10.2. The number of carbonyl (C=O) groups is 1. The van der Waals surface area contributed by atoms with Crippen LogP contribution in [0, 0.1) is 0 Å². The summed E-state index contributed by atoms with van der Waals surface area (Å²) in [7, 11) is 1.60. The summed E-state index contributed by atoms with van der Waals surface area (Å²) in [6.07, 6.45) is 0. The van der Waals surface area contributed by atoms with Crippen molar-refractivity contribution in [1.29, 1.82) is 0 Å². The number of fused-ring (bicyclic) bond motifs is 1. The van der Waals surface area contributed by atoms with Crippen LogP contribution < -0.4 is 5.32 Å². The molecule has 0 spiro atoms. The van der Waals surface area contributed by atoms with E-state index < -0.39 is 0 Å². The highest BCUT2D eigenvalue weighted by Crippen LogP contribution is 2.19. The van der Waals surface area contributed by atoms with Crippen LogP contribution in [-0.4, -0.2) is 17.9 Å². The van der Waals surface area contributed by atoms with Gasteiger partial charge in [0.25, 0.3) is 5.91 Å². The molecule has 0 aliphatic heterocycles. The van der Waals surface area contributed by atoms with E-state index in [1.807, 2.05) is 12.1 Å². The molecule has 4 heteroatoms. The second kappa shape index (κ2) is 3.35. The van der Waals surface area contributed by atoms with Gasteiger partial charge >= 0.3 is 0 Å². The lowest BCUT2D eigenvalue weighted by Crippen LogP contribution is -2.17. The van der Waals surface area contributed by atoms with Crippen molar-refractivity contribution in [3.63, 3.8) is 0 Å². The first-order valence-electron chi connectivity index (χ1n) is 4.21. The van der Waals surface area contributed by atoms with Crippen molar-refractivity contribution >= 4 is 28.4 Å². The third-order valence-corrected chi connectivity index (χ3v) is 2.29. The SMILES string of the molecule is CNC(=O)c1cc2cc(Cl)ccc2[nH]1. The van der Waals surface area contributed by atoms with Gasteiger partial charge in [0.15, 0.2) is 0 Å². The van der Waals surface area contributed by atoms with Crippen LogP contribution in [0.5, 0.6) is 0 Å². The molecule has 0 aliphatic carbocycles. The number of rotatable bonds is 1. The Hall–Kier alpha value is -1.48. The maximum atomic E-state index is 11.3. The zero-order chi connectivity index (χ0) is 10.1. The highest BCUT2D eigenvalue weighted by Gasteiger charge is 2.06. The monoisotopic (exact) mass is 208 g/mol. The predicted molar refractivity (Wildman–Crippen MR) is 56.7 cm³/mol. The van der Waals surface area contributed by atoms with Gasteiger partial charge < -0.3 is 10.3 Å². The molecule has 2 N–H and O–H groups in total. The van der Waals surface area contributed by atoms with Crippen molar-refractivity contribution in [3.05, 3.63) is 35.0 Å². The van der Waals surface area contributed by atoms with Crippen molar-refractivity contribution in [2.75, 3.05) is 7.05 Å². The third kappa shape index (κ3) is 1.46. The number of halogens is 1. The van der Waals surface area contributed by atoms with E-state index in [-0.39, 0.29) is 5.91 Å². The molecule has 0 saturated carbocycles. The molecule has 1 aromatic carbocycles. The van der Waals surface area contributed by atoms with Crippen molar-refractivity contribution in [2.24, 2.45) is 0 Å². The minimum Gasteiger partial charge on any atom is -0.354 e. The van der Waals surface area contributed by atoms with E-state index in [9.17, 15) is 4.79 Å². The largest absolute Gasteiger partial charge is 0.354 e. The summed E-state index contributed by atoms with van der Waals surface area (Å²) in [6, 6.07) is 7.23. The third-order valence-electron chi connectivity index (χ3n) is 2.05. The van der Waals surface area contributed by atoms with Crippen LogP contribution in [0.25, 0.3) is 10.9 Å². The molecule has 2 aromatic rings. The topological polar surface area (TPSA) is 44.9 Å². The van der Waals surface area contributed by atoms with Crippen LogP contribution >= 0.6 is 11.6 Å². The number of carbonyl (C=O) groups excluding carboxylic acids is 1. The number of nitrogens with one attached hydrogen (secondary N) is 2.